The maximum Gasteiger partial charge on any atom is 0.0406 e. The van der Waals surface area contributed by atoms with Crippen molar-refractivity contribution in [1.29, 1.82) is 0 Å². The molecule has 100 valence electrons. The Balaban J connectivity index is 2.24. The van der Waals surface area contributed by atoms with Gasteiger partial charge in [-0.1, -0.05) is 42.8 Å². The van der Waals surface area contributed by atoms with E-state index in [1.165, 1.54) is 22.3 Å². The molecule has 0 saturated heterocycles. The summed E-state index contributed by atoms with van der Waals surface area (Å²) in [6, 6.07) is 14.7. The van der Waals surface area contributed by atoms with Gasteiger partial charge in [0, 0.05) is 11.6 Å². The number of hydrogen-bond acceptors (Lipinski definition) is 1. The van der Waals surface area contributed by atoms with Crippen molar-refractivity contribution in [3.05, 3.63) is 58.6 Å². The third kappa shape index (κ3) is 3.82. The zero-order chi connectivity index (χ0) is 13.7. The lowest BCUT2D eigenvalue weighted by atomic mass is 9.98. The Hall–Kier alpha value is -1.31. The van der Waals surface area contributed by atoms with Gasteiger partial charge in [0.2, 0.25) is 0 Å². The van der Waals surface area contributed by atoms with Crippen LogP contribution >= 0.6 is 11.6 Å². The monoisotopic (exact) mass is 273 g/mol. The summed E-state index contributed by atoms with van der Waals surface area (Å²) < 4.78 is 0. The fraction of sp³-hybridized carbons (Fsp3) is 0.294. The maximum atomic E-state index is 5.94. The molecule has 0 radical (unpaired) electrons. The van der Waals surface area contributed by atoms with Gasteiger partial charge in [0.1, 0.15) is 0 Å². The van der Waals surface area contributed by atoms with E-state index in [4.69, 9.17) is 11.6 Å². The maximum absolute atomic E-state index is 5.94. The average molecular weight is 274 g/mol. The van der Waals surface area contributed by atoms with Crippen molar-refractivity contribution in [1.82, 2.24) is 5.32 Å². The Labute approximate surface area is 120 Å². The minimum Gasteiger partial charge on any atom is -0.313 e. The summed E-state index contributed by atoms with van der Waals surface area (Å²) in [7, 11) is 0. The summed E-state index contributed by atoms with van der Waals surface area (Å²) in [6.07, 6.45) is 1.16. The van der Waals surface area contributed by atoms with E-state index in [-0.39, 0.29) is 0 Å². The van der Waals surface area contributed by atoms with Gasteiger partial charge in [0.05, 0.1) is 0 Å². The first-order chi connectivity index (χ1) is 9.20. The molecule has 0 fully saturated rings. The lowest BCUT2D eigenvalue weighted by Gasteiger charge is -2.10. The number of benzene rings is 2. The Morgan fingerprint density at radius 3 is 2.47 bits per heavy atom. The van der Waals surface area contributed by atoms with E-state index < -0.39 is 0 Å². The summed E-state index contributed by atoms with van der Waals surface area (Å²) in [5.41, 5.74) is 5.12. The normalized spacial score (nSPS) is 10.7. The van der Waals surface area contributed by atoms with Crippen LogP contribution in [0.1, 0.15) is 24.5 Å². The van der Waals surface area contributed by atoms with Gasteiger partial charge in [-0.3, -0.25) is 0 Å². The van der Waals surface area contributed by atoms with E-state index in [1.54, 1.807) is 0 Å². The van der Waals surface area contributed by atoms with Crippen molar-refractivity contribution in [2.45, 2.75) is 26.8 Å². The van der Waals surface area contributed by atoms with Crippen molar-refractivity contribution >= 4 is 11.6 Å². The van der Waals surface area contributed by atoms with Crippen molar-refractivity contribution in [2.24, 2.45) is 0 Å². The zero-order valence-corrected chi connectivity index (χ0v) is 12.3. The SMILES string of the molecule is CCCNCc1ccc(C)c(-c2ccc(Cl)cc2)c1. The van der Waals surface area contributed by atoms with Crippen LogP contribution in [-0.4, -0.2) is 6.54 Å². The van der Waals surface area contributed by atoms with Gasteiger partial charge in [0.15, 0.2) is 0 Å². The molecule has 19 heavy (non-hydrogen) atoms. The van der Waals surface area contributed by atoms with Crippen LogP contribution in [0.4, 0.5) is 0 Å². The molecular weight excluding hydrogens is 254 g/mol. The highest BCUT2D eigenvalue weighted by Crippen LogP contribution is 2.26. The largest absolute Gasteiger partial charge is 0.313 e. The summed E-state index contributed by atoms with van der Waals surface area (Å²) in [5.74, 6) is 0. The second-order valence-corrected chi connectivity index (χ2v) is 5.27. The number of nitrogens with one attached hydrogen (secondary N) is 1. The molecule has 2 heteroatoms. The Bertz CT molecular complexity index is 531. The second kappa shape index (κ2) is 6.74. The van der Waals surface area contributed by atoms with Crippen LogP contribution in [-0.2, 0) is 6.54 Å². The molecule has 2 rings (SSSR count). The van der Waals surface area contributed by atoms with Crippen molar-refractivity contribution < 1.29 is 0 Å². The summed E-state index contributed by atoms with van der Waals surface area (Å²) in [6.45, 7) is 6.31. The predicted octanol–water partition coefficient (Wildman–Crippen LogP) is 4.82. The van der Waals surface area contributed by atoms with Gasteiger partial charge in [-0.2, -0.15) is 0 Å². The third-order valence-electron chi connectivity index (χ3n) is 3.21. The van der Waals surface area contributed by atoms with Crippen molar-refractivity contribution in [2.75, 3.05) is 6.54 Å². The van der Waals surface area contributed by atoms with E-state index in [9.17, 15) is 0 Å². The molecule has 0 heterocycles. The quantitative estimate of drug-likeness (QED) is 0.771. The molecule has 0 amide bonds. The minimum atomic E-state index is 0.780. The van der Waals surface area contributed by atoms with Gasteiger partial charge in [-0.05, 0) is 60.3 Å². The van der Waals surface area contributed by atoms with Gasteiger partial charge >= 0.3 is 0 Å². The van der Waals surface area contributed by atoms with Crippen LogP contribution < -0.4 is 5.32 Å². The Morgan fingerprint density at radius 1 is 1.05 bits per heavy atom. The summed E-state index contributed by atoms with van der Waals surface area (Å²) in [4.78, 5) is 0. The van der Waals surface area contributed by atoms with Crippen LogP contribution in [0.2, 0.25) is 5.02 Å². The number of aryl methyl sites for hydroxylation is 1. The second-order valence-electron chi connectivity index (χ2n) is 4.83. The van der Waals surface area contributed by atoms with Crippen LogP contribution in [0, 0.1) is 6.92 Å². The van der Waals surface area contributed by atoms with Gasteiger partial charge in [0.25, 0.3) is 0 Å². The lowest BCUT2D eigenvalue weighted by Crippen LogP contribution is -2.13. The molecule has 1 N–H and O–H groups in total. The summed E-state index contributed by atoms with van der Waals surface area (Å²) >= 11 is 5.94. The Morgan fingerprint density at radius 2 is 1.79 bits per heavy atom. The van der Waals surface area contributed by atoms with Crippen molar-refractivity contribution in [3.63, 3.8) is 0 Å². The topological polar surface area (TPSA) is 12.0 Å². The number of halogens is 1. The molecule has 2 aromatic rings. The smallest absolute Gasteiger partial charge is 0.0406 e. The molecule has 1 nitrogen and oxygen atoms in total. The average Bonchev–Trinajstić information content (AvgIpc) is 2.42. The Kier molecular flexibility index (Phi) is 5.00. The van der Waals surface area contributed by atoms with Gasteiger partial charge in [-0.25, -0.2) is 0 Å². The lowest BCUT2D eigenvalue weighted by molar-refractivity contribution is 0.675. The molecule has 0 unspecified atom stereocenters. The fourth-order valence-corrected chi connectivity index (χ4v) is 2.26. The third-order valence-corrected chi connectivity index (χ3v) is 3.47. The zero-order valence-electron chi connectivity index (χ0n) is 11.5. The number of rotatable bonds is 5. The van der Waals surface area contributed by atoms with E-state index in [0.717, 1.165) is 24.5 Å². The van der Waals surface area contributed by atoms with Crippen LogP contribution in [0.25, 0.3) is 11.1 Å². The molecule has 0 aromatic heterocycles. The van der Waals surface area contributed by atoms with Gasteiger partial charge < -0.3 is 5.32 Å². The van der Waals surface area contributed by atoms with Crippen LogP contribution in [0.3, 0.4) is 0 Å². The van der Waals surface area contributed by atoms with E-state index in [2.05, 4.69) is 49.5 Å². The summed E-state index contributed by atoms with van der Waals surface area (Å²) in [5, 5.41) is 4.22. The molecule has 0 aliphatic heterocycles. The minimum absolute atomic E-state index is 0.780. The molecule has 0 saturated carbocycles. The first kappa shape index (κ1) is 14.1. The molecule has 0 aliphatic carbocycles. The van der Waals surface area contributed by atoms with Crippen LogP contribution in [0.15, 0.2) is 42.5 Å². The molecule has 0 aliphatic rings. The molecule has 0 atom stereocenters. The number of hydrogen-bond donors (Lipinski definition) is 1. The molecule has 2 aromatic carbocycles. The fourth-order valence-electron chi connectivity index (χ4n) is 2.13. The predicted molar refractivity (Wildman–Crippen MR) is 83.6 cm³/mol. The standard InChI is InChI=1S/C17H20ClN/c1-3-10-19-12-14-5-4-13(2)17(11-14)15-6-8-16(18)9-7-15/h4-9,11,19H,3,10,12H2,1-2H3. The molecule has 0 bridgehead atoms. The van der Waals surface area contributed by atoms with Crippen LogP contribution in [0.5, 0.6) is 0 Å². The first-order valence-corrected chi connectivity index (χ1v) is 7.14. The van der Waals surface area contributed by atoms with E-state index in [1.807, 2.05) is 12.1 Å². The highest BCUT2D eigenvalue weighted by atomic mass is 35.5. The molecular formula is C17H20ClN. The highest BCUT2D eigenvalue weighted by Gasteiger charge is 2.03. The highest BCUT2D eigenvalue weighted by molar-refractivity contribution is 6.30. The molecule has 0 spiro atoms. The van der Waals surface area contributed by atoms with Crippen molar-refractivity contribution in [3.8, 4) is 11.1 Å². The van der Waals surface area contributed by atoms with Gasteiger partial charge in [-0.15, -0.1) is 0 Å². The van der Waals surface area contributed by atoms with E-state index >= 15 is 0 Å². The first-order valence-electron chi connectivity index (χ1n) is 6.77. The van der Waals surface area contributed by atoms with E-state index in [0.29, 0.717) is 0 Å².